The molecule has 21 heavy (non-hydrogen) atoms. The Morgan fingerprint density at radius 2 is 2.14 bits per heavy atom. The molecule has 1 aromatic heterocycles. The van der Waals surface area contributed by atoms with Crippen molar-refractivity contribution in [2.45, 2.75) is 25.8 Å². The number of pyridine rings is 1. The Balaban J connectivity index is 2.20. The van der Waals surface area contributed by atoms with Gasteiger partial charge in [0.1, 0.15) is 0 Å². The highest BCUT2D eigenvalue weighted by Crippen LogP contribution is 2.24. The van der Waals surface area contributed by atoms with Crippen molar-refractivity contribution < 1.29 is 14.7 Å². The number of carbonyl (C=O) groups excluding carboxylic acids is 1. The summed E-state index contributed by atoms with van der Waals surface area (Å²) in [5, 5.41) is 12.7. The second-order valence-corrected chi connectivity index (χ2v) is 5.21. The molecule has 0 bridgehead atoms. The highest BCUT2D eigenvalue weighted by atomic mass is 35.5. The number of aliphatic carboxylic acids is 1. The van der Waals surface area contributed by atoms with Crippen LogP contribution in [0.1, 0.15) is 30.1 Å². The molecule has 1 atom stereocenters. The average Bonchev–Trinajstić information content (AvgIpc) is 2.45. The van der Waals surface area contributed by atoms with E-state index in [0.717, 1.165) is 0 Å². The Kier molecular flexibility index (Phi) is 4.75. The molecule has 2 aromatic rings. The topological polar surface area (TPSA) is 79.3 Å². The Labute approximate surface area is 126 Å². The number of hydrogen-bond donors (Lipinski definition) is 2. The monoisotopic (exact) mass is 306 g/mol. The van der Waals surface area contributed by atoms with E-state index in [-0.39, 0.29) is 18.4 Å². The van der Waals surface area contributed by atoms with E-state index in [1.807, 2.05) is 0 Å². The first-order chi connectivity index (χ1) is 9.99. The predicted molar refractivity (Wildman–Crippen MR) is 80.6 cm³/mol. The lowest BCUT2D eigenvalue weighted by atomic mass is 10.1. The molecule has 0 saturated heterocycles. The van der Waals surface area contributed by atoms with Crippen molar-refractivity contribution in [3.05, 3.63) is 41.0 Å². The Morgan fingerprint density at radius 1 is 1.38 bits per heavy atom. The van der Waals surface area contributed by atoms with Gasteiger partial charge in [-0.3, -0.25) is 14.6 Å². The molecule has 6 heteroatoms. The van der Waals surface area contributed by atoms with Crippen molar-refractivity contribution >= 4 is 34.4 Å². The van der Waals surface area contributed by atoms with E-state index in [2.05, 4.69) is 10.3 Å². The maximum atomic E-state index is 12.3. The van der Waals surface area contributed by atoms with Crippen LogP contribution in [0.3, 0.4) is 0 Å². The third kappa shape index (κ3) is 3.70. The number of aromatic nitrogens is 1. The summed E-state index contributed by atoms with van der Waals surface area (Å²) in [6.07, 6.45) is 1.99. The second kappa shape index (κ2) is 6.54. The van der Waals surface area contributed by atoms with Crippen LogP contribution in [0, 0.1) is 0 Å². The first-order valence-corrected chi connectivity index (χ1v) is 6.92. The molecular weight excluding hydrogens is 292 g/mol. The second-order valence-electron chi connectivity index (χ2n) is 4.80. The number of fused-ring (bicyclic) bond motifs is 1. The number of carboxylic acid groups (broad SMARTS) is 1. The number of rotatable bonds is 5. The van der Waals surface area contributed by atoms with Crippen LogP contribution < -0.4 is 5.32 Å². The summed E-state index contributed by atoms with van der Waals surface area (Å²) < 4.78 is 0. The molecule has 2 rings (SSSR count). The highest BCUT2D eigenvalue weighted by molar-refractivity contribution is 6.36. The van der Waals surface area contributed by atoms with Gasteiger partial charge in [-0.25, -0.2) is 0 Å². The average molecular weight is 307 g/mol. The largest absolute Gasteiger partial charge is 0.481 e. The molecule has 0 radical (unpaired) electrons. The first kappa shape index (κ1) is 15.3. The Morgan fingerprint density at radius 3 is 2.86 bits per heavy atom. The minimum Gasteiger partial charge on any atom is -0.481 e. The maximum Gasteiger partial charge on any atom is 0.303 e. The van der Waals surface area contributed by atoms with Gasteiger partial charge < -0.3 is 10.4 Å². The van der Waals surface area contributed by atoms with Crippen molar-refractivity contribution in [3.8, 4) is 0 Å². The molecule has 5 nitrogen and oxygen atoms in total. The highest BCUT2D eigenvalue weighted by Gasteiger charge is 2.15. The third-order valence-electron chi connectivity index (χ3n) is 3.13. The molecule has 1 amide bonds. The molecular formula is C15H15ClN2O3. The number of amides is 1. The minimum atomic E-state index is -0.880. The number of nitrogens with zero attached hydrogens (tertiary/aromatic N) is 1. The summed E-state index contributed by atoms with van der Waals surface area (Å²) in [6, 6.07) is 6.60. The predicted octanol–water partition coefficient (Wildman–Crippen LogP) is 2.87. The van der Waals surface area contributed by atoms with Crippen molar-refractivity contribution in [2.24, 2.45) is 0 Å². The smallest absolute Gasteiger partial charge is 0.303 e. The third-order valence-corrected chi connectivity index (χ3v) is 3.46. The van der Waals surface area contributed by atoms with Crippen LogP contribution in [0.2, 0.25) is 5.02 Å². The zero-order chi connectivity index (χ0) is 15.4. The van der Waals surface area contributed by atoms with Gasteiger partial charge in [-0.05, 0) is 37.6 Å². The minimum absolute atomic E-state index is 0.0149. The molecule has 0 spiro atoms. The fourth-order valence-corrected chi connectivity index (χ4v) is 2.25. The van der Waals surface area contributed by atoms with Crippen LogP contribution in [0.4, 0.5) is 0 Å². The van der Waals surface area contributed by atoms with Gasteiger partial charge in [0.05, 0.1) is 16.1 Å². The van der Waals surface area contributed by atoms with Gasteiger partial charge in [0.2, 0.25) is 0 Å². The van der Waals surface area contributed by atoms with Crippen LogP contribution in [-0.4, -0.2) is 28.0 Å². The molecule has 1 heterocycles. The number of carbonyl (C=O) groups is 2. The zero-order valence-electron chi connectivity index (χ0n) is 11.5. The van der Waals surface area contributed by atoms with Crippen LogP contribution in [0.25, 0.3) is 10.9 Å². The summed E-state index contributed by atoms with van der Waals surface area (Å²) in [7, 11) is 0. The number of hydrogen-bond acceptors (Lipinski definition) is 3. The van der Waals surface area contributed by atoms with E-state index in [0.29, 0.717) is 27.9 Å². The number of nitrogens with one attached hydrogen (secondary N) is 1. The molecule has 110 valence electrons. The van der Waals surface area contributed by atoms with Gasteiger partial charge in [-0.15, -0.1) is 0 Å². The zero-order valence-corrected chi connectivity index (χ0v) is 12.2. The molecule has 0 fully saturated rings. The van der Waals surface area contributed by atoms with Crippen molar-refractivity contribution in [3.63, 3.8) is 0 Å². The summed E-state index contributed by atoms with van der Waals surface area (Å²) in [5.74, 6) is -1.16. The Bertz CT molecular complexity index is 688. The lowest BCUT2D eigenvalue weighted by Crippen LogP contribution is -2.33. The molecule has 0 aliphatic heterocycles. The normalized spacial score (nSPS) is 12.1. The van der Waals surface area contributed by atoms with Crippen LogP contribution >= 0.6 is 11.6 Å². The summed E-state index contributed by atoms with van der Waals surface area (Å²) in [5.41, 5.74) is 0.963. The summed E-state index contributed by atoms with van der Waals surface area (Å²) in [6.45, 7) is 1.77. The van der Waals surface area contributed by atoms with Crippen LogP contribution in [0.5, 0.6) is 0 Å². The Hall–Kier alpha value is -2.14. The van der Waals surface area contributed by atoms with Crippen molar-refractivity contribution in [2.75, 3.05) is 0 Å². The first-order valence-electron chi connectivity index (χ1n) is 6.55. The SMILES string of the molecule is CC(CCC(=O)O)NC(=O)c1ccc(Cl)c2cccnc12. The fourth-order valence-electron chi connectivity index (χ4n) is 2.03. The summed E-state index contributed by atoms with van der Waals surface area (Å²) >= 11 is 6.09. The fraction of sp³-hybridized carbons (Fsp3) is 0.267. The molecule has 1 unspecified atom stereocenters. The van der Waals surface area contributed by atoms with Crippen LogP contribution in [-0.2, 0) is 4.79 Å². The van der Waals surface area contributed by atoms with Gasteiger partial charge in [-0.1, -0.05) is 11.6 Å². The maximum absolute atomic E-state index is 12.3. The van der Waals surface area contributed by atoms with E-state index in [1.54, 1.807) is 37.4 Å². The molecule has 2 N–H and O–H groups in total. The number of carboxylic acids is 1. The van der Waals surface area contributed by atoms with E-state index >= 15 is 0 Å². The van der Waals surface area contributed by atoms with Crippen molar-refractivity contribution in [1.82, 2.24) is 10.3 Å². The van der Waals surface area contributed by atoms with Gasteiger partial charge >= 0.3 is 5.97 Å². The molecule has 0 aliphatic rings. The van der Waals surface area contributed by atoms with Crippen molar-refractivity contribution in [1.29, 1.82) is 0 Å². The van der Waals surface area contributed by atoms with E-state index < -0.39 is 5.97 Å². The molecule has 0 aliphatic carbocycles. The van der Waals surface area contributed by atoms with Crippen LogP contribution in [0.15, 0.2) is 30.5 Å². The van der Waals surface area contributed by atoms with Gasteiger partial charge in [0.15, 0.2) is 0 Å². The molecule has 0 saturated carbocycles. The van der Waals surface area contributed by atoms with E-state index in [9.17, 15) is 9.59 Å². The lowest BCUT2D eigenvalue weighted by molar-refractivity contribution is -0.137. The van der Waals surface area contributed by atoms with Gasteiger partial charge in [-0.2, -0.15) is 0 Å². The van der Waals surface area contributed by atoms with Gasteiger partial charge in [0, 0.05) is 24.0 Å². The molecule has 1 aromatic carbocycles. The van der Waals surface area contributed by atoms with Gasteiger partial charge in [0.25, 0.3) is 5.91 Å². The standard InChI is InChI=1S/C15H15ClN2O3/c1-9(4-7-13(19)20)18-15(21)11-5-6-12(16)10-3-2-8-17-14(10)11/h2-3,5-6,8-9H,4,7H2,1H3,(H,18,21)(H,19,20). The lowest BCUT2D eigenvalue weighted by Gasteiger charge is -2.14. The number of halogens is 1. The van der Waals surface area contributed by atoms with E-state index in [1.165, 1.54) is 0 Å². The summed E-state index contributed by atoms with van der Waals surface area (Å²) in [4.78, 5) is 27.0. The van der Waals surface area contributed by atoms with E-state index in [4.69, 9.17) is 16.7 Å². The number of benzene rings is 1. The quantitative estimate of drug-likeness (QED) is 0.890.